The molecule has 0 unspecified atom stereocenters. The average molecular weight is 250 g/mol. The van der Waals surface area contributed by atoms with Gasteiger partial charge in [0.05, 0.1) is 12.7 Å². The summed E-state index contributed by atoms with van der Waals surface area (Å²) in [5, 5.41) is 0. The Labute approximate surface area is 107 Å². The van der Waals surface area contributed by atoms with E-state index in [-0.39, 0.29) is 12.5 Å². The van der Waals surface area contributed by atoms with Crippen molar-refractivity contribution in [3.05, 3.63) is 23.9 Å². The Kier molecular flexibility index (Phi) is 4.83. The first kappa shape index (κ1) is 14.2. The molecule has 0 aliphatic carbocycles. The number of esters is 1. The maximum atomic E-state index is 11.4. The van der Waals surface area contributed by atoms with Crippen LogP contribution in [0.1, 0.15) is 26.3 Å². The monoisotopic (exact) mass is 250 g/mol. The van der Waals surface area contributed by atoms with Crippen molar-refractivity contribution in [1.82, 2.24) is 4.98 Å². The topological polar surface area (TPSA) is 60.8 Å². The van der Waals surface area contributed by atoms with Gasteiger partial charge in [0.2, 0.25) is 5.88 Å². The molecule has 0 aliphatic rings. The second-order valence-electron chi connectivity index (χ2n) is 4.66. The van der Waals surface area contributed by atoms with Crippen LogP contribution in [0, 0.1) is 0 Å². The van der Waals surface area contributed by atoms with Gasteiger partial charge in [-0.3, -0.25) is 9.79 Å². The number of nitrogens with zero attached hydrogens (tertiary/aromatic N) is 2. The van der Waals surface area contributed by atoms with E-state index in [4.69, 9.17) is 9.47 Å². The third-order valence-corrected chi connectivity index (χ3v) is 1.86. The lowest BCUT2D eigenvalue weighted by atomic mass is 10.2. The molecule has 0 radical (unpaired) electrons. The first-order valence-electron chi connectivity index (χ1n) is 5.63. The second-order valence-corrected chi connectivity index (χ2v) is 4.66. The fourth-order valence-electron chi connectivity index (χ4n) is 1.26. The van der Waals surface area contributed by atoms with Crippen LogP contribution in [0.3, 0.4) is 0 Å². The Hall–Kier alpha value is -1.91. The van der Waals surface area contributed by atoms with Crippen molar-refractivity contribution in [2.45, 2.75) is 26.4 Å². The van der Waals surface area contributed by atoms with E-state index in [1.54, 1.807) is 18.5 Å². The fraction of sp³-hybridized carbons (Fsp3) is 0.462. The van der Waals surface area contributed by atoms with Crippen molar-refractivity contribution in [2.75, 3.05) is 13.7 Å². The third-order valence-electron chi connectivity index (χ3n) is 1.86. The summed E-state index contributed by atoms with van der Waals surface area (Å²) in [7, 11) is 1.54. The minimum Gasteiger partial charge on any atom is -0.481 e. The predicted octanol–water partition coefficient (Wildman–Crippen LogP) is 1.85. The number of aliphatic imine (C=N–C) groups is 1. The van der Waals surface area contributed by atoms with Gasteiger partial charge in [-0.2, -0.15) is 0 Å². The Morgan fingerprint density at radius 2 is 2.22 bits per heavy atom. The van der Waals surface area contributed by atoms with E-state index >= 15 is 0 Å². The van der Waals surface area contributed by atoms with Crippen LogP contribution in [0.25, 0.3) is 0 Å². The first-order valence-corrected chi connectivity index (χ1v) is 5.63. The van der Waals surface area contributed by atoms with Crippen molar-refractivity contribution in [2.24, 2.45) is 4.99 Å². The van der Waals surface area contributed by atoms with E-state index in [1.807, 2.05) is 26.8 Å². The average Bonchev–Trinajstić information content (AvgIpc) is 2.27. The number of aromatic nitrogens is 1. The number of pyridine rings is 1. The minimum absolute atomic E-state index is 0.0185. The van der Waals surface area contributed by atoms with Gasteiger partial charge in [0.1, 0.15) is 12.1 Å². The molecule has 0 atom stereocenters. The zero-order chi connectivity index (χ0) is 13.6. The molecule has 0 spiro atoms. The molecule has 0 amide bonds. The standard InChI is InChI=1S/C13H18N2O3/c1-13(2,3)18-11(16)9-14-8-10-6-5-7-15-12(10)17-4/h5-8H,9H2,1-4H3. The van der Waals surface area contributed by atoms with E-state index in [2.05, 4.69) is 9.98 Å². The maximum Gasteiger partial charge on any atom is 0.328 e. The molecule has 5 heteroatoms. The molecule has 0 bridgehead atoms. The molecule has 0 saturated carbocycles. The molecule has 1 aromatic rings. The Morgan fingerprint density at radius 1 is 1.50 bits per heavy atom. The summed E-state index contributed by atoms with van der Waals surface area (Å²) in [6, 6.07) is 3.59. The number of hydrogen-bond donors (Lipinski definition) is 0. The quantitative estimate of drug-likeness (QED) is 0.604. The second kappa shape index (κ2) is 6.14. The zero-order valence-electron chi connectivity index (χ0n) is 11.1. The molecule has 0 fully saturated rings. The molecular weight excluding hydrogens is 232 g/mol. The van der Waals surface area contributed by atoms with Crippen LogP contribution in [-0.4, -0.2) is 36.4 Å². The van der Waals surface area contributed by atoms with Crippen LogP contribution >= 0.6 is 0 Å². The molecule has 0 aromatic carbocycles. The van der Waals surface area contributed by atoms with Crippen LogP contribution in [0.15, 0.2) is 23.3 Å². The van der Waals surface area contributed by atoms with E-state index in [9.17, 15) is 4.79 Å². The minimum atomic E-state index is -0.488. The van der Waals surface area contributed by atoms with Gasteiger partial charge < -0.3 is 9.47 Å². The number of carbonyl (C=O) groups is 1. The molecule has 0 aliphatic heterocycles. The van der Waals surface area contributed by atoms with Crippen LogP contribution in [0.5, 0.6) is 5.88 Å². The van der Waals surface area contributed by atoms with Crippen molar-refractivity contribution >= 4 is 12.2 Å². The van der Waals surface area contributed by atoms with Gasteiger partial charge in [-0.15, -0.1) is 0 Å². The van der Waals surface area contributed by atoms with Crippen molar-refractivity contribution in [3.8, 4) is 5.88 Å². The summed E-state index contributed by atoms with van der Waals surface area (Å²) < 4.78 is 10.2. The van der Waals surface area contributed by atoms with Gasteiger partial charge in [0.15, 0.2) is 0 Å². The Bertz CT molecular complexity index is 436. The fourth-order valence-corrected chi connectivity index (χ4v) is 1.26. The summed E-state index contributed by atoms with van der Waals surface area (Å²) in [4.78, 5) is 19.5. The van der Waals surface area contributed by atoms with Gasteiger partial charge in [0, 0.05) is 12.4 Å². The summed E-state index contributed by atoms with van der Waals surface area (Å²) in [6.07, 6.45) is 3.18. The highest BCUT2D eigenvalue weighted by atomic mass is 16.6. The Balaban J connectivity index is 2.57. The normalized spacial score (nSPS) is 11.6. The number of rotatable bonds is 4. The highest BCUT2D eigenvalue weighted by Crippen LogP contribution is 2.11. The number of carbonyl (C=O) groups excluding carboxylic acids is 1. The number of methoxy groups -OCH3 is 1. The van der Waals surface area contributed by atoms with E-state index in [1.165, 1.54) is 7.11 Å². The molecule has 18 heavy (non-hydrogen) atoms. The number of ether oxygens (including phenoxy) is 2. The van der Waals surface area contributed by atoms with Gasteiger partial charge in [-0.25, -0.2) is 4.98 Å². The van der Waals surface area contributed by atoms with Gasteiger partial charge >= 0.3 is 5.97 Å². The SMILES string of the molecule is COc1ncccc1C=NCC(=O)OC(C)(C)C. The molecule has 0 saturated heterocycles. The van der Waals surface area contributed by atoms with Crippen molar-refractivity contribution in [3.63, 3.8) is 0 Å². The summed E-state index contributed by atoms with van der Waals surface area (Å²) in [6.45, 7) is 5.44. The first-order chi connectivity index (χ1) is 8.42. The van der Waals surface area contributed by atoms with E-state index in [0.29, 0.717) is 5.88 Å². The third kappa shape index (κ3) is 4.95. The van der Waals surface area contributed by atoms with Crippen molar-refractivity contribution in [1.29, 1.82) is 0 Å². The zero-order valence-corrected chi connectivity index (χ0v) is 11.1. The summed E-state index contributed by atoms with van der Waals surface area (Å²) in [5.41, 5.74) is 0.238. The molecule has 98 valence electrons. The van der Waals surface area contributed by atoms with Crippen LogP contribution in [0.4, 0.5) is 0 Å². The molecular formula is C13H18N2O3. The van der Waals surface area contributed by atoms with Gasteiger partial charge in [0.25, 0.3) is 0 Å². The largest absolute Gasteiger partial charge is 0.481 e. The molecule has 0 N–H and O–H groups in total. The lowest BCUT2D eigenvalue weighted by Gasteiger charge is -2.18. The highest BCUT2D eigenvalue weighted by Gasteiger charge is 2.15. The smallest absolute Gasteiger partial charge is 0.328 e. The van der Waals surface area contributed by atoms with Crippen LogP contribution in [-0.2, 0) is 9.53 Å². The predicted molar refractivity (Wildman–Crippen MR) is 69.1 cm³/mol. The lowest BCUT2D eigenvalue weighted by Crippen LogP contribution is -2.25. The Morgan fingerprint density at radius 3 is 2.83 bits per heavy atom. The van der Waals surface area contributed by atoms with E-state index in [0.717, 1.165) is 5.56 Å². The summed E-state index contributed by atoms with van der Waals surface area (Å²) >= 11 is 0. The van der Waals surface area contributed by atoms with Crippen LogP contribution in [0.2, 0.25) is 0 Å². The lowest BCUT2D eigenvalue weighted by molar-refractivity contribution is -0.152. The molecule has 1 rings (SSSR count). The van der Waals surface area contributed by atoms with Gasteiger partial charge in [-0.05, 0) is 32.9 Å². The van der Waals surface area contributed by atoms with Crippen molar-refractivity contribution < 1.29 is 14.3 Å². The molecule has 1 heterocycles. The maximum absolute atomic E-state index is 11.4. The number of hydrogen-bond acceptors (Lipinski definition) is 5. The molecule has 5 nitrogen and oxygen atoms in total. The summed E-state index contributed by atoms with van der Waals surface area (Å²) in [5.74, 6) is 0.118. The molecule has 1 aromatic heterocycles. The van der Waals surface area contributed by atoms with Crippen LogP contribution < -0.4 is 4.74 Å². The highest BCUT2D eigenvalue weighted by molar-refractivity contribution is 5.84. The van der Waals surface area contributed by atoms with Gasteiger partial charge in [-0.1, -0.05) is 0 Å². The van der Waals surface area contributed by atoms with E-state index < -0.39 is 5.60 Å².